The highest BCUT2D eigenvalue weighted by molar-refractivity contribution is 5.93. The van der Waals surface area contributed by atoms with E-state index < -0.39 is 0 Å². The van der Waals surface area contributed by atoms with Gasteiger partial charge in [0.05, 0.1) is 24.3 Å². The highest BCUT2D eigenvalue weighted by atomic mass is 16.5. The van der Waals surface area contributed by atoms with Crippen molar-refractivity contribution >= 4 is 11.8 Å². The number of fused-ring (bicyclic) bond motifs is 1. The summed E-state index contributed by atoms with van der Waals surface area (Å²) in [6.45, 7) is 10.4. The molecule has 3 saturated heterocycles. The van der Waals surface area contributed by atoms with Gasteiger partial charge in [0.1, 0.15) is 5.69 Å². The lowest BCUT2D eigenvalue weighted by molar-refractivity contribution is -0.125. The molecule has 0 saturated carbocycles. The largest absolute Gasteiger partial charge is 0.381 e. The minimum absolute atomic E-state index is 0.000358. The van der Waals surface area contributed by atoms with Crippen LogP contribution in [-0.2, 0) is 16.1 Å². The van der Waals surface area contributed by atoms with Crippen LogP contribution < -0.4 is 5.32 Å². The molecule has 1 aromatic carbocycles. The number of ether oxygens (including phenoxy) is 1. The second-order valence-electron chi connectivity index (χ2n) is 10.3. The molecule has 2 aromatic rings. The monoisotopic (exact) mass is 479 g/mol. The lowest BCUT2D eigenvalue weighted by atomic mass is 10.0. The van der Waals surface area contributed by atoms with Crippen molar-refractivity contribution in [2.24, 2.45) is 17.8 Å². The molecular formula is C27H37N5O3. The molecule has 5 rings (SSSR count). The van der Waals surface area contributed by atoms with Crippen LogP contribution in [0.2, 0.25) is 0 Å². The number of nitrogens with zero attached hydrogens (tertiary/aromatic N) is 4. The van der Waals surface area contributed by atoms with Crippen LogP contribution in [0, 0.1) is 24.7 Å². The van der Waals surface area contributed by atoms with Crippen molar-refractivity contribution in [3.05, 3.63) is 53.3 Å². The Balaban J connectivity index is 1.16. The lowest BCUT2D eigenvalue weighted by Crippen LogP contribution is -2.37. The maximum atomic E-state index is 13.1. The fourth-order valence-electron chi connectivity index (χ4n) is 5.91. The number of likely N-dealkylation sites (tertiary alicyclic amines) is 2. The summed E-state index contributed by atoms with van der Waals surface area (Å²) < 4.78 is 7.23. The summed E-state index contributed by atoms with van der Waals surface area (Å²) in [6.07, 6.45) is 1.68. The summed E-state index contributed by atoms with van der Waals surface area (Å²) in [4.78, 5) is 30.5. The average Bonchev–Trinajstić information content (AvgIpc) is 3.65. The molecule has 0 aliphatic carbocycles. The van der Waals surface area contributed by atoms with E-state index in [9.17, 15) is 9.59 Å². The first kappa shape index (κ1) is 24.0. The number of amides is 2. The van der Waals surface area contributed by atoms with Crippen LogP contribution in [0.3, 0.4) is 0 Å². The number of aryl methyl sites for hydroxylation is 2. The van der Waals surface area contributed by atoms with E-state index in [2.05, 4.69) is 27.4 Å². The zero-order valence-electron chi connectivity index (χ0n) is 20.9. The molecule has 188 valence electrons. The lowest BCUT2D eigenvalue weighted by Gasteiger charge is -2.25. The molecule has 4 heterocycles. The van der Waals surface area contributed by atoms with Gasteiger partial charge in [-0.15, -0.1) is 0 Å². The van der Waals surface area contributed by atoms with Gasteiger partial charge in [0.25, 0.3) is 5.91 Å². The van der Waals surface area contributed by atoms with Crippen molar-refractivity contribution in [1.29, 1.82) is 0 Å². The summed E-state index contributed by atoms with van der Waals surface area (Å²) >= 11 is 0. The molecule has 3 aliphatic heterocycles. The van der Waals surface area contributed by atoms with Crippen molar-refractivity contribution in [2.45, 2.75) is 39.3 Å². The first-order valence-electron chi connectivity index (χ1n) is 13.0. The van der Waals surface area contributed by atoms with Crippen molar-refractivity contribution in [3.8, 4) is 0 Å². The molecule has 3 aliphatic rings. The number of benzene rings is 1. The maximum absolute atomic E-state index is 13.1. The highest BCUT2D eigenvalue weighted by Crippen LogP contribution is 2.33. The van der Waals surface area contributed by atoms with Crippen LogP contribution in [0.4, 0.5) is 0 Å². The van der Waals surface area contributed by atoms with Gasteiger partial charge in [-0.1, -0.05) is 30.3 Å². The van der Waals surface area contributed by atoms with Crippen molar-refractivity contribution in [1.82, 2.24) is 24.9 Å². The first-order valence-corrected chi connectivity index (χ1v) is 13.0. The second-order valence-corrected chi connectivity index (χ2v) is 10.3. The first-order chi connectivity index (χ1) is 17.0. The molecule has 2 amide bonds. The Morgan fingerprint density at radius 1 is 1.14 bits per heavy atom. The van der Waals surface area contributed by atoms with Crippen molar-refractivity contribution in [2.75, 3.05) is 45.9 Å². The molecular weight excluding hydrogens is 442 g/mol. The van der Waals surface area contributed by atoms with Gasteiger partial charge >= 0.3 is 0 Å². The van der Waals surface area contributed by atoms with Crippen LogP contribution in [-0.4, -0.2) is 77.3 Å². The molecule has 4 atom stereocenters. The van der Waals surface area contributed by atoms with Gasteiger partial charge in [-0.05, 0) is 50.2 Å². The zero-order valence-corrected chi connectivity index (χ0v) is 20.9. The molecule has 1 aromatic heterocycles. The topological polar surface area (TPSA) is 79.7 Å². The Kier molecular flexibility index (Phi) is 7.20. The predicted molar refractivity (Wildman–Crippen MR) is 133 cm³/mol. The van der Waals surface area contributed by atoms with Crippen LogP contribution in [0.1, 0.15) is 47.6 Å². The number of hydrogen-bond acceptors (Lipinski definition) is 5. The molecule has 8 nitrogen and oxygen atoms in total. The smallest absolute Gasteiger partial charge is 0.272 e. The minimum Gasteiger partial charge on any atom is -0.381 e. The summed E-state index contributed by atoms with van der Waals surface area (Å²) in [5, 5.41) is 7.74. The fourth-order valence-corrected chi connectivity index (χ4v) is 5.91. The van der Waals surface area contributed by atoms with Gasteiger partial charge < -0.3 is 19.9 Å². The number of carbonyl (C=O) groups excluding carboxylic acids is 2. The number of rotatable bonds is 8. The molecule has 3 fully saturated rings. The summed E-state index contributed by atoms with van der Waals surface area (Å²) in [5.74, 6) is 1.20. The summed E-state index contributed by atoms with van der Waals surface area (Å²) in [7, 11) is 0. The van der Waals surface area contributed by atoms with Gasteiger partial charge in [0.2, 0.25) is 5.91 Å². The number of carbonyl (C=O) groups is 2. The normalized spacial score (nSPS) is 25.1. The van der Waals surface area contributed by atoms with E-state index in [0.717, 1.165) is 56.8 Å². The summed E-state index contributed by atoms with van der Waals surface area (Å²) in [5.41, 5.74) is 2.75. The third-order valence-electron chi connectivity index (χ3n) is 7.82. The second kappa shape index (κ2) is 10.5. The standard InChI is InChI=1S/C27H37N5O3/c1-3-32-25(13-19(2)29-32)27(34)31-16-22-14-30(15-23(22)17-31)11-9-24(20-7-5-4-6-8-20)28-26(33)21-10-12-35-18-21/h4-8,13,21-24H,3,9-12,14-18H2,1-2H3,(H,28,33)/t21?,22-,23?,24?/m0/s1. The van der Waals surface area contributed by atoms with E-state index in [0.29, 0.717) is 37.3 Å². The van der Waals surface area contributed by atoms with Gasteiger partial charge in [-0.3, -0.25) is 14.3 Å². The quantitative estimate of drug-likeness (QED) is 0.629. The average molecular weight is 480 g/mol. The highest BCUT2D eigenvalue weighted by Gasteiger charge is 2.42. The molecule has 35 heavy (non-hydrogen) atoms. The minimum atomic E-state index is -0.0383. The SMILES string of the molecule is CCn1nc(C)cc1C(=O)N1CC2CN(CCC(NC(=O)C3CCOC3)c3ccccc3)C[C@H]2C1. The molecule has 0 radical (unpaired) electrons. The molecule has 8 heteroatoms. The van der Waals surface area contributed by atoms with Gasteiger partial charge in [-0.25, -0.2) is 0 Å². The van der Waals surface area contributed by atoms with Crippen LogP contribution in [0.5, 0.6) is 0 Å². The van der Waals surface area contributed by atoms with Gasteiger partial charge in [-0.2, -0.15) is 5.10 Å². The van der Waals surface area contributed by atoms with Crippen LogP contribution in [0.25, 0.3) is 0 Å². The zero-order chi connectivity index (χ0) is 24.4. The van der Waals surface area contributed by atoms with Crippen molar-refractivity contribution in [3.63, 3.8) is 0 Å². The van der Waals surface area contributed by atoms with E-state index in [-0.39, 0.29) is 23.8 Å². The Morgan fingerprint density at radius 2 is 1.89 bits per heavy atom. The van der Waals surface area contributed by atoms with Gasteiger partial charge in [0.15, 0.2) is 0 Å². The molecule has 1 N–H and O–H groups in total. The predicted octanol–water partition coefficient (Wildman–Crippen LogP) is 2.50. The fraction of sp³-hybridized carbons (Fsp3) is 0.593. The van der Waals surface area contributed by atoms with Crippen LogP contribution in [0.15, 0.2) is 36.4 Å². The third-order valence-corrected chi connectivity index (χ3v) is 7.82. The third kappa shape index (κ3) is 5.28. The molecule has 0 spiro atoms. The summed E-state index contributed by atoms with van der Waals surface area (Å²) in [6, 6.07) is 12.2. The molecule has 0 bridgehead atoms. The van der Waals surface area contributed by atoms with Gasteiger partial charge in [0, 0.05) is 45.9 Å². The Morgan fingerprint density at radius 3 is 2.54 bits per heavy atom. The number of hydrogen-bond donors (Lipinski definition) is 1. The number of aromatic nitrogens is 2. The van der Waals surface area contributed by atoms with E-state index in [1.165, 1.54) is 0 Å². The van der Waals surface area contributed by atoms with Crippen LogP contribution >= 0.6 is 0 Å². The Hall–Kier alpha value is -2.71. The Bertz CT molecular complexity index is 1020. The van der Waals surface area contributed by atoms with E-state index in [4.69, 9.17) is 4.74 Å². The van der Waals surface area contributed by atoms with Crippen molar-refractivity contribution < 1.29 is 14.3 Å². The maximum Gasteiger partial charge on any atom is 0.272 e. The van der Waals surface area contributed by atoms with E-state index >= 15 is 0 Å². The van der Waals surface area contributed by atoms with E-state index in [1.807, 2.05) is 47.7 Å². The van der Waals surface area contributed by atoms with E-state index in [1.54, 1.807) is 0 Å². The Labute approximate surface area is 207 Å². The molecule has 3 unspecified atom stereocenters. The number of nitrogens with one attached hydrogen (secondary N) is 1.